The number of aryl methyl sites for hydroxylation is 2. The zero-order chi connectivity index (χ0) is 20.1. The Balaban J connectivity index is 1.79. The molecule has 0 aliphatic heterocycles. The van der Waals surface area contributed by atoms with Gasteiger partial charge in [0.25, 0.3) is 5.91 Å². The minimum absolute atomic E-state index is 0.218. The van der Waals surface area contributed by atoms with E-state index in [9.17, 15) is 4.79 Å². The van der Waals surface area contributed by atoms with E-state index in [1.54, 1.807) is 20.2 Å². The Morgan fingerprint density at radius 3 is 2.29 bits per heavy atom. The van der Waals surface area contributed by atoms with Gasteiger partial charge in [-0.15, -0.1) is 0 Å². The summed E-state index contributed by atoms with van der Waals surface area (Å²) in [5, 5.41) is 3.06. The molecule has 0 saturated heterocycles. The van der Waals surface area contributed by atoms with Crippen molar-refractivity contribution in [3.63, 3.8) is 0 Å². The summed E-state index contributed by atoms with van der Waals surface area (Å²) in [5.41, 5.74) is 2.05. The fraction of sp³-hybridized carbons (Fsp3) is 0.273. The number of carbonyl (C=O) groups excluding carboxylic acids is 1. The average molecular weight is 379 g/mol. The van der Waals surface area contributed by atoms with Gasteiger partial charge < -0.3 is 19.4 Å². The Hall–Kier alpha value is -3.28. The molecule has 146 valence electrons. The predicted molar refractivity (Wildman–Crippen MR) is 107 cm³/mol. The summed E-state index contributed by atoms with van der Waals surface area (Å²) in [7, 11) is 3.52. The van der Waals surface area contributed by atoms with Crippen molar-refractivity contribution in [3.8, 4) is 11.5 Å². The summed E-state index contributed by atoms with van der Waals surface area (Å²) in [6, 6.07) is 14.8. The molecule has 6 heteroatoms. The number of amides is 1. The van der Waals surface area contributed by atoms with E-state index in [0.717, 1.165) is 22.7 Å². The lowest BCUT2D eigenvalue weighted by atomic mass is 10.1. The number of nitrogens with one attached hydrogen (secondary N) is 1. The minimum atomic E-state index is -0.649. The summed E-state index contributed by atoms with van der Waals surface area (Å²) in [6.07, 6.45) is 2.91. The molecular formula is C22H25N3O3. The SMILES string of the molecule is COc1ccc([C@H](NC(=O)[C@H](C)Oc2ccc(C)cc2)c2nccn2C)cc1. The molecular weight excluding hydrogens is 354 g/mol. The molecule has 2 aromatic carbocycles. The van der Waals surface area contributed by atoms with E-state index >= 15 is 0 Å². The van der Waals surface area contributed by atoms with E-state index in [4.69, 9.17) is 9.47 Å². The zero-order valence-corrected chi connectivity index (χ0v) is 16.5. The fourth-order valence-electron chi connectivity index (χ4n) is 2.88. The van der Waals surface area contributed by atoms with Gasteiger partial charge in [0.2, 0.25) is 0 Å². The zero-order valence-electron chi connectivity index (χ0n) is 16.5. The molecule has 0 radical (unpaired) electrons. The number of benzene rings is 2. The van der Waals surface area contributed by atoms with E-state index in [-0.39, 0.29) is 5.91 Å². The quantitative estimate of drug-likeness (QED) is 0.683. The summed E-state index contributed by atoms with van der Waals surface area (Å²) >= 11 is 0. The van der Waals surface area contributed by atoms with Gasteiger partial charge >= 0.3 is 0 Å². The molecule has 3 aromatic rings. The highest BCUT2D eigenvalue weighted by atomic mass is 16.5. The molecule has 3 rings (SSSR count). The van der Waals surface area contributed by atoms with Crippen molar-refractivity contribution in [2.45, 2.75) is 26.0 Å². The molecule has 2 atom stereocenters. The number of hydrogen-bond acceptors (Lipinski definition) is 4. The van der Waals surface area contributed by atoms with Gasteiger partial charge in [0.05, 0.1) is 7.11 Å². The van der Waals surface area contributed by atoms with Crippen molar-refractivity contribution in [2.24, 2.45) is 7.05 Å². The molecule has 0 aliphatic carbocycles. The number of aromatic nitrogens is 2. The van der Waals surface area contributed by atoms with Crippen LogP contribution in [0.5, 0.6) is 11.5 Å². The smallest absolute Gasteiger partial charge is 0.261 e. The van der Waals surface area contributed by atoms with E-state index in [1.165, 1.54) is 0 Å². The third-order valence-corrected chi connectivity index (χ3v) is 4.56. The number of carbonyl (C=O) groups is 1. The van der Waals surface area contributed by atoms with Crippen LogP contribution < -0.4 is 14.8 Å². The second kappa shape index (κ2) is 8.61. The monoisotopic (exact) mass is 379 g/mol. The standard InChI is InChI=1S/C22H25N3O3/c1-15-5-9-19(10-6-15)28-16(2)22(26)24-20(21-23-13-14-25(21)3)17-7-11-18(27-4)12-8-17/h5-14,16,20H,1-4H3,(H,24,26)/t16-,20-/m0/s1. The number of imidazole rings is 1. The molecule has 1 N–H and O–H groups in total. The highest BCUT2D eigenvalue weighted by Gasteiger charge is 2.24. The third-order valence-electron chi connectivity index (χ3n) is 4.56. The molecule has 0 unspecified atom stereocenters. The Morgan fingerprint density at radius 2 is 1.71 bits per heavy atom. The second-order valence-corrected chi connectivity index (χ2v) is 6.68. The number of rotatable bonds is 7. The Labute approximate surface area is 165 Å². The normalized spacial score (nSPS) is 12.9. The number of nitrogens with zero attached hydrogens (tertiary/aromatic N) is 2. The first kappa shape index (κ1) is 19.5. The van der Waals surface area contributed by atoms with Crippen LogP contribution in [-0.4, -0.2) is 28.7 Å². The van der Waals surface area contributed by atoms with Crippen molar-refractivity contribution in [1.82, 2.24) is 14.9 Å². The van der Waals surface area contributed by atoms with Gasteiger partial charge in [-0.1, -0.05) is 29.8 Å². The van der Waals surface area contributed by atoms with Gasteiger partial charge in [-0.25, -0.2) is 4.98 Å². The first-order valence-corrected chi connectivity index (χ1v) is 9.13. The van der Waals surface area contributed by atoms with Crippen molar-refractivity contribution in [3.05, 3.63) is 77.9 Å². The Morgan fingerprint density at radius 1 is 1.07 bits per heavy atom. The second-order valence-electron chi connectivity index (χ2n) is 6.68. The average Bonchev–Trinajstić information content (AvgIpc) is 3.13. The Bertz CT molecular complexity index is 917. The van der Waals surface area contributed by atoms with Gasteiger partial charge in [-0.3, -0.25) is 4.79 Å². The van der Waals surface area contributed by atoms with Gasteiger partial charge in [0.15, 0.2) is 6.10 Å². The lowest BCUT2D eigenvalue weighted by molar-refractivity contribution is -0.127. The maximum Gasteiger partial charge on any atom is 0.261 e. The van der Waals surface area contributed by atoms with E-state index < -0.39 is 12.1 Å². The number of hydrogen-bond donors (Lipinski definition) is 1. The number of methoxy groups -OCH3 is 1. The Kier molecular flexibility index (Phi) is 5.99. The molecule has 0 bridgehead atoms. The molecule has 0 aliphatic rings. The van der Waals surface area contributed by atoms with Crippen LogP contribution in [-0.2, 0) is 11.8 Å². The maximum atomic E-state index is 12.8. The summed E-state index contributed by atoms with van der Waals surface area (Å²) in [4.78, 5) is 17.2. The minimum Gasteiger partial charge on any atom is -0.497 e. The van der Waals surface area contributed by atoms with Crippen LogP contribution in [0.2, 0.25) is 0 Å². The van der Waals surface area contributed by atoms with Gasteiger partial charge in [-0.05, 0) is 43.7 Å². The van der Waals surface area contributed by atoms with Gasteiger partial charge in [-0.2, -0.15) is 0 Å². The van der Waals surface area contributed by atoms with Crippen molar-refractivity contribution in [2.75, 3.05) is 7.11 Å². The predicted octanol–water partition coefficient (Wildman–Crippen LogP) is 3.41. The van der Waals surface area contributed by atoms with Crippen LogP contribution >= 0.6 is 0 Å². The topological polar surface area (TPSA) is 65.4 Å². The first-order valence-electron chi connectivity index (χ1n) is 9.13. The van der Waals surface area contributed by atoms with Crippen LogP contribution in [0.25, 0.3) is 0 Å². The maximum absolute atomic E-state index is 12.8. The van der Waals surface area contributed by atoms with Crippen LogP contribution in [0.15, 0.2) is 60.9 Å². The van der Waals surface area contributed by atoms with Crippen molar-refractivity contribution in [1.29, 1.82) is 0 Å². The molecule has 28 heavy (non-hydrogen) atoms. The molecule has 0 spiro atoms. The highest BCUT2D eigenvalue weighted by Crippen LogP contribution is 2.23. The van der Waals surface area contributed by atoms with E-state index in [2.05, 4.69) is 10.3 Å². The fourth-order valence-corrected chi connectivity index (χ4v) is 2.88. The first-order chi connectivity index (χ1) is 13.5. The highest BCUT2D eigenvalue weighted by molar-refractivity contribution is 5.81. The lowest BCUT2D eigenvalue weighted by Gasteiger charge is -2.22. The third kappa shape index (κ3) is 4.52. The molecule has 0 saturated carbocycles. The van der Waals surface area contributed by atoms with Crippen molar-refractivity contribution < 1.29 is 14.3 Å². The van der Waals surface area contributed by atoms with Crippen LogP contribution in [0.1, 0.15) is 29.9 Å². The molecule has 0 fully saturated rings. The number of ether oxygens (including phenoxy) is 2. The molecule has 1 amide bonds. The van der Waals surface area contributed by atoms with Crippen LogP contribution in [0.3, 0.4) is 0 Å². The molecule has 1 aromatic heterocycles. The largest absolute Gasteiger partial charge is 0.497 e. The summed E-state index contributed by atoms with van der Waals surface area (Å²) in [5.74, 6) is 1.93. The van der Waals surface area contributed by atoms with Gasteiger partial charge in [0.1, 0.15) is 23.4 Å². The van der Waals surface area contributed by atoms with Gasteiger partial charge in [0, 0.05) is 19.4 Å². The molecule has 1 heterocycles. The lowest BCUT2D eigenvalue weighted by Crippen LogP contribution is -2.39. The van der Waals surface area contributed by atoms with Crippen LogP contribution in [0, 0.1) is 6.92 Å². The molecule has 6 nitrogen and oxygen atoms in total. The van der Waals surface area contributed by atoms with E-state index in [0.29, 0.717) is 5.75 Å². The van der Waals surface area contributed by atoms with Crippen LogP contribution in [0.4, 0.5) is 0 Å². The van der Waals surface area contributed by atoms with E-state index in [1.807, 2.05) is 73.3 Å². The summed E-state index contributed by atoms with van der Waals surface area (Å²) in [6.45, 7) is 3.74. The summed E-state index contributed by atoms with van der Waals surface area (Å²) < 4.78 is 12.9. The van der Waals surface area contributed by atoms with Crippen molar-refractivity contribution >= 4 is 5.91 Å².